The highest BCUT2D eigenvalue weighted by Gasteiger charge is 2.37. The average Bonchev–Trinajstić information content (AvgIpc) is 3.40. The Kier molecular flexibility index (Phi) is 8.45. The van der Waals surface area contributed by atoms with Crippen molar-refractivity contribution in [3.63, 3.8) is 0 Å². The highest BCUT2D eigenvalue weighted by molar-refractivity contribution is 9.10. The van der Waals surface area contributed by atoms with Gasteiger partial charge in [-0.2, -0.15) is 0 Å². The molecule has 0 unspecified atom stereocenters. The quantitative estimate of drug-likeness (QED) is 0.188. The summed E-state index contributed by atoms with van der Waals surface area (Å²) in [5.41, 5.74) is 9.18. The SMILES string of the molecule is C[C@@H](Oc1cc(-c2cnc3ccc(Br)cn23)sc1CC(N)=O)c1ccc(CO[Si](C)(C)C(C)(C)C)cc1Cl. The lowest BCUT2D eigenvalue weighted by Crippen LogP contribution is -2.40. The van der Waals surface area contributed by atoms with Crippen molar-refractivity contribution in [2.24, 2.45) is 5.73 Å². The van der Waals surface area contributed by atoms with E-state index in [1.807, 2.05) is 60.1 Å². The van der Waals surface area contributed by atoms with Gasteiger partial charge in [-0.05, 0) is 64.7 Å². The number of nitrogens with zero attached hydrogens (tertiary/aromatic N) is 2. The molecule has 0 saturated carbocycles. The molecule has 1 aromatic carbocycles. The maximum atomic E-state index is 11.8. The van der Waals surface area contributed by atoms with Gasteiger partial charge in [0.2, 0.25) is 5.91 Å². The van der Waals surface area contributed by atoms with E-state index in [0.29, 0.717) is 17.4 Å². The van der Waals surface area contributed by atoms with E-state index in [-0.39, 0.29) is 17.6 Å². The first kappa shape index (κ1) is 28.8. The zero-order chi connectivity index (χ0) is 27.8. The Hall–Kier alpha value is -2.17. The fraction of sp³-hybridized carbons (Fsp3) is 0.357. The first-order valence-corrected chi connectivity index (χ1v) is 17.3. The van der Waals surface area contributed by atoms with Gasteiger partial charge in [0, 0.05) is 27.3 Å². The second-order valence-corrected chi connectivity index (χ2v) is 18.2. The summed E-state index contributed by atoms with van der Waals surface area (Å²) in [5.74, 6) is 0.198. The second kappa shape index (κ2) is 11.1. The molecule has 1 amide bonds. The van der Waals surface area contributed by atoms with Gasteiger partial charge < -0.3 is 14.9 Å². The number of carbonyl (C=O) groups excluding carboxylic acids is 1. The minimum absolute atomic E-state index is 0.0879. The number of halogens is 2. The maximum Gasteiger partial charge on any atom is 0.222 e. The smallest absolute Gasteiger partial charge is 0.222 e. The first-order valence-electron chi connectivity index (χ1n) is 12.4. The summed E-state index contributed by atoms with van der Waals surface area (Å²) in [7, 11) is -1.87. The topological polar surface area (TPSA) is 78.9 Å². The van der Waals surface area contributed by atoms with Crippen molar-refractivity contribution in [3.05, 3.63) is 74.3 Å². The lowest BCUT2D eigenvalue weighted by atomic mass is 10.1. The fourth-order valence-electron chi connectivity index (χ4n) is 3.78. The standard InChI is InChI=1S/C28H33BrClN3O3SSi/c1-17(20-9-7-18(11-21(20)30)16-35-38(5,6)28(2,3)4)36-23-12-24(37-25(23)13-26(31)34)22-14-32-27-10-8-19(29)15-33(22)27/h7-12,14-15,17H,13,16H2,1-6H3,(H2,31,34)/t17-/m1/s1. The highest BCUT2D eigenvalue weighted by atomic mass is 79.9. The number of hydrogen-bond acceptors (Lipinski definition) is 5. The predicted octanol–water partition coefficient (Wildman–Crippen LogP) is 8.17. The summed E-state index contributed by atoms with van der Waals surface area (Å²) in [5, 5.41) is 0.758. The van der Waals surface area contributed by atoms with Crippen molar-refractivity contribution in [2.45, 2.75) is 65.0 Å². The molecule has 202 valence electrons. The minimum Gasteiger partial charge on any atom is -0.485 e. The van der Waals surface area contributed by atoms with Gasteiger partial charge in [-0.1, -0.05) is 44.5 Å². The Bertz CT molecular complexity index is 1480. The number of rotatable bonds is 9. The summed E-state index contributed by atoms with van der Waals surface area (Å²) >= 11 is 11.7. The molecule has 0 aliphatic rings. The van der Waals surface area contributed by atoms with Crippen LogP contribution in [0.3, 0.4) is 0 Å². The van der Waals surface area contributed by atoms with Gasteiger partial charge in [0.25, 0.3) is 0 Å². The van der Waals surface area contributed by atoms with Gasteiger partial charge in [0.1, 0.15) is 17.5 Å². The molecule has 0 fully saturated rings. The molecule has 0 saturated heterocycles. The molecule has 6 nitrogen and oxygen atoms in total. The molecule has 1 atom stereocenters. The van der Waals surface area contributed by atoms with Gasteiger partial charge in [-0.25, -0.2) is 4.98 Å². The largest absolute Gasteiger partial charge is 0.485 e. The zero-order valence-electron chi connectivity index (χ0n) is 22.5. The number of nitrogens with two attached hydrogens (primary N) is 1. The first-order chi connectivity index (χ1) is 17.7. The van der Waals surface area contributed by atoms with Crippen LogP contribution in [0.1, 0.15) is 49.8 Å². The number of ether oxygens (including phenoxy) is 1. The molecule has 10 heteroatoms. The molecule has 3 heterocycles. The summed E-state index contributed by atoms with van der Waals surface area (Å²) < 4.78 is 15.7. The Labute approximate surface area is 242 Å². The Morgan fingerprint density at radius 1 is 1.24 bits per heavy atom. The summed E-state index contributed by atoms with van der Waals surface area (Å²) in [4.78, 5) is 18.0. The van der Waals surface area contributed by atoms with Crippen molar-refractivity contribution >= 4 is 58.7 Å². The number of benzene rings is 1. The molecular formula is C28H33BrClN3O3SSi. The van der Waals surface area contributed by atoms with Crippen LogP contribution < -0.4 is 10.5 Å². The Morgan fingerprint density at radius 2 is 1.97 bits per heavy atom. The van der Waals surface area contributed by atoms with E-state index < -0.39 is 14.2 Å². The van der Waals surface area contributed by atoms with Crippen LogP contribution in [0.2, 0.25) is 23.2 Å². The van der Waals surface area contributed by atoms with E-state index in [4.69, 9.17) is 26.5 Å². The molecule has 4 aromatic rings. The van der Waals surface area contributed by atoms with E-state index >= 15 is 0 Å². The minimum atomic E-state index is -1.87. The fourth-order valence-corrected chi connectivity index (χ4v) is 6.54. The van der Waals surface area contributed by atoms with Crippen LogP contribution >= 0.6 is 38.9 Å². The van der Waals surface area contributed by atoms with Crippen molar-refractivity contribution in [1.82, 2.24) is 9.38 Å². The number of imidazole rings is 1. The average molecular weight is 635 g/mol. The van der Waals surface area contributed by atoms with E-state index in [1.54, 1.807) is 0 Å². The summed E-state index contributed by atoms with van der Waals surface area (Å²) in [6, 6.07) is 11.8. The monoisotopic (exact) mass is 633 g/mol. The molecule has 0 spiro atoms. The van der Waals surface area contributed by atoms with Gasteiger partial charge in [0.15, 0.2) is 8.32 Å². The number of carbonyl (C=O) groups is 1. The number of aromatic nitrogens is 2. The van der Waals surface area contributed by atoms with E-state index in [2.05, 4.69) is 54.8 Å². The molecule has 2 N–H and O–H groups in total. The van der Waals surface area contributed by atoms with Gasteiger partial charge in [0.05, 0.1) is 34.7 Å². The Balaban J connectivity index is 1.57. The zero-order valence-corrected chi connectivity index (χ0v) is 26.6. The van der Waals surface area contributed by atoms with Crippen LogP contribution in [-0.4, -0.2) is 23.6 Å². The lowest BCUT2D eigenvalue weighted by molar-refractivity contribution is -0.117. The summed E-state index contributed by atoms with van der Waals surface area (Å²) in [6.07, 6.45) is 3.52. The van der Waals surface area contributed by atoms with Crippen molar-refractivity contribution in [2.75, 3.05) is 0 Å². The number of primary amides is 1. The van der Waals surface area contributed by atoms with Crippen LogP contribution in [0, 0.1) is 0 Å². The molecular weight excluding hydrogens is 602 g/mol. The lowest BCUT2D eigenvalue weighted by Gasteiger charge is -2.36. The highest BCUT2D eigenvalue weighted by Crippen LogP contribution is 2.40. The molecule has 38 heavy (non-hydrogen) atoms. The van der Waals surface area contributed by atoms with E-state index in [0.717, 1.165) is 36.7 Å². The third-order valence-corrected chi connectivity index (χ3v) is 13.5. The van der Waals surface area contributed by atoms with Crippen LogP contribution in [0.15, 0.2) is 53.3 Å². The van der Waals surface area contributed by atoms with Crippen molar-refractivity contribution < 1.29 is 14.0 Å². The van der Waals surface area contributed by atoms with Crippen LogP contribution in [0.4, 0.5) is 0 Å². The van der Waals surface area contributed by atoms with Gasteiger partial charge >= 0.3 is 0 Å². The molecule has 0 aliphatic carbocycles. The second-order valence-electron chi connectivity index (χ2n) is 10.9. The molecule has 0 aliphatic heterocycles. The number of hydrogen-bond donors (Lipinski definition) is 1. The summed E-state index contributed by atoms with van der Waals surface area (Å²) in [6.45, 7) is 13.6. The molecule has 0 radical (unpaired) electrons. The number of amides is 1. The van der Waals surface area contributed by atoms with E-state index in [1.165, 1.54) is 11.3 Å². The van der Waals surface area contributed by atoms with E-state index in [9.17, 15) is 4.79 Å². The van der Waals surface area contributed by atoms with Crippen LogP contribution in [-0.2, 0) is 22.2 Å². The van der Waals surface area contributed by atoms with Gasteiger partial charge in [-0.15, -0.1) is 11.3 Å². The van der Waals surface area contributed by atoms with Crippen molar-refractivity contribution in [1.29, 1.82) is 0 Å². The number of fused-ring (bicyclic) bond motifs is 1. The molecule has 4 rings (SSSR count). The number of pyridine rings is 1. The van der Waals surface area contributed by atoms with Crippen LogP contribution in [0.5, 0.6) is 5.75 Å². The molecule has 3 aromatic heterocycles. The third kappa shape index (κ3) is 6.34. The molecule has 0 bridgehead atoms. The number of thiophene rings is 1. The Morgan fingerprint density at radius 3 is 2.63 bits per heavy atom. The normalized spacial score (nSPS) is 13.2. The van der Waals surface area contributed by atoms with Crippen LogP contribution in [0.25, 0.3) is 16.2 Å². The van der Waals surface area contributed by atoms with Crippen molar-refractivity contribution in [3.8, 4) is 16.3 Å². The predicted molar refractivity (Wildman–Crippen MR) is 162 cm³/mol. The van der Waals surface area contributed by atoms with Gasteiger partial charge in [-0.3, -0.25) is 9.20 Å². The maximum absolute atomic E-state index is 11.8. The third-order valence-electron chi connectivity index (χ3n) is 7.04.